The Hall–Kier alpha value is -2.86. The molecule has 0 spiro atoms. The van der Waals surface area contributed by atoms with E-state index in [0.29, 0.717) is 12.3 Å². The lowest BCUT2D eigenvalue weighted by Gasteiger charge is -2.11. The van der Waals surface area contributed by atoms with E-state index in [1.54, 1.807) is 13.3 Å². The highest BCUT2D eigenvalue weighted by Gasteiger charge is 2.16. The molecule has 2 aromatic carbocycles. The van der Waals surface area contributed by atoms with E-state index >= 15 is 0 Å². The molecule has 1 saturated heterocycles. The fraction of sp³-hybridized carbons (Fsp3) is 0.333. The average molecular weight is 368 g/mol. The molecular formula is C21H24N2O4. The number of carbonyl (C=O) groups is 1. The molecular weight excluding hydrogens is 344 g/mol. The third kappa shape index (κ3) is 6.11. The number of hydrogen-bond acceptors (Lipinski definition) is 5. The minimum absolute atomic E-state index is 0.00793. The number of aliphatic imine (C=N–C) groups is 1. The van der Waals surface area contributed by atoms with Crippen molar-refractivity contribution in [2.45, 2.75) is 18.9 Å². The number of nitrogens with one attached hydrogen (secondary N) is 1. The summed E-state index contributed by atoms with van der Waals surface area (Å²) in [5.74, 6) is 1.30. The summed E-state index contributed by atoms with van der Waals surface area (Å²) in [6.45, 7) is 1.32. The fourth-order valence-electron chi connectivity index (χ4n) is 2.70. The van der Waals surface area contributed by atoms with Crippen LogP contribution >= 0.6 is 0 Å². The van der Waals surface area contributed by atoms with Gasteiger partial charge in [-0.1, -0.05) is 0 Å². The predicted molar refractivity (Wildman–Crippen MR) is 104 cm³/mol. The fourth-order valence-corrected chi connectivity index (χ4v) is 2.70. The third-order valence-corrected chi connectivity index (χ3v) is 4.24. The Kier molecular flexibility index (Phi) is 6.82. The highest BCUT2D eigenvalue weighted by molar-refractivity contribution is 5.82. The Morgan fingerprint density at radius 2 is 1.93 bits per heavy atom. The van der Waals surface area contributed by atoms with Gasteiger partial charge in [-0.05, 0) is 66.9 Å². The van der Waals surface area contributed by atoms with Gasteiger partial charge in [0, 0.05) is 19.4 Å². The van der Waals surface area contributed by atoms with E-state index in [0.717, 1.165) is 36.4 Å². The molecule has 1 aliphatic rings. The maximum absolute atomic E-state index is 11.8. The van der Waals surface area contributed by atoms with Gasteiger partial charge in [0.1, 0.15) is 11.5 Å². The van der Waals surface area contributed by atoms with Gasteiger partial charge in [-0.3, -0.25) is 9.79 Å². The van der Waals surface area contributed by atoms with Gasteiger partial charge in [0.2, 0.25) is 0 Å². The van der Waals surface area contributed by atoms with Crippen molar-refractivity contribution in [1.82, 2.24) is 5.32 Å². The normalized spacial score (nSPS) is 16.4. The smallest absolute Gasteiger partial charge is 0.258 e. The molecule has 0 bridgehead atoms. The minimum Gasteiger partial charge on any atom is -0.497 e. The van der Waals surface area contributed by atoms with Crippen molar-refractivity contribution in [2.75, 3.05) is 26.9 Å². The molecule has 3 rings (SSSR count). The Morgan fingerprint density at radius 3 is 2.59 bits per heavy atom. The van der Waals surface area contributed by atoms with E-state index in [2.05, 4.69) is 10.3 Å². The number of ether oxygens (including phenoxy) is 3. The number of carbonyl (C=O) groups excluding carboxylic acids is 1. The van der Waals surface area contributed by atoms with Crippen LogP contribution in [0.15, 0.2) is 53.5 Å². The molecule has 2 aromatic rings. The number of methoxy groups -OCH3 is 1. The highest BCUT2D eigenvalue weighted by Crippen LogP contribution is 2.18. The van der Waals surface area contributed by atoms with Crippen molar-refractivity contribution < 1.29 is 19.0 Å². The standard InChI is InChI=1S/C21H24N2O4/c1-25-18-10-6-17(7-11-18)22-13-16-4-8-19(9-5-16)27-15-21(24)23-14-20-3-2-12-26-20/h4-11,13,20H,2-3,12,14-15H2,1H3,(H,23,24)/t20-/m0/s1. The number of rotatable bonds is 8. The first-order valence-electron chi connectivity index (χ1n) is 9.02. The second-order valence-electron chi connectivity index (χ2n) is 6.25. The average Bonchev–Trinajstić information content (AvgIpc) is 3.24. The summed E-state index contributed by atoms with van der Waals surface area (Å²) in [6.07, 6.45) is 3.98. The van der Waals surface area contributed by atoms with E-state index in [-0.39, 0.29) is 18.6 Å². The van der Waals surface area contributed by atoms with Gasteiger partial charge >= 0.3 is 0 Å². The molecule has 0 aliphatic carbocycles. The summed E-state index contributed by atoms with van der Waals surface area (Å²) in [5, 5.41) is 2.83. The Morgan fingerprint density at radius 1 is 1.19 bits per heavy atom. The molecule has 142 valence electrons. The first-order valence-corrected chi connectivity index (χ1v) is 9.02. The van der Waals surface area contributed by atoms with Gasteiger partial charge in [-0.25, -0.2) is 0 Å². The lowest BCUT2D eigenvalue weighted by atomic mass is 10.2. The van der Waals surface area contributed by atoms with Crippen LogP contribution in [0.5, 0.6) is 11.5 Å². The lowest BCUT2D eigenvalue weighted by Crippen LogP contribution is -2.35. The van der Waals surface area contributed by atoms with Crippen LogP contribution in [0.2, 0.25) is 0 Å². The van der Waals surface area contributed by atoms with Crippen molar-refractivity contribution in [3.8, 4) is 11.5 Å². The molecule has 0 unspecified atom stereocenters. The van der Waals surface area contributed by atoms with Gasteiger partial charge in [0.25, 0.3) is 5.91 Å². The SMILES string of the molecule is COc1ccc(N=Cc2ccc(OCC(=O)NC[C@@H]3CCCO3)cc2)cc1. The zero-order chi connectivity index (χ0) is 18.9. The highest BCUT2D eigenvalue weighted by atomic mass is 16.5. The van der Waals surface area contributed by atoms with Gasteiger partial charge in [0.15, 0.2) is 6.61 Å². The molecule has 27 heavy (non-hydrogen) atoms. The molecule has 1 amide bonds. The van der Waals surface area contributed by atoms with Crippen molar-refractivity contribution in [3.63, 3.8) is 0 Å². The number of benzene rings is 2. The maximum Gasteiger partial charge on any atom is 0.258 e. The number of hydrogen-bond donors (Lipinski definition) is 1. The molecule has 1 fully saturated rings. The van der Waals surface area contributed by atoms with Crippen molar-refractivity contribution in [3.05, 3.63) is 54.1 Å². The zero-order valence-electron chi connectivity index (χ0n) is 15.4. The molecule has 1 N–H and O–H groups in total. The monoisotopic (exact) mass is 368 g/mol. The maximum atomic E-state index is 11.8. The van der Waals surface area contributed by atoms with Gasteiger partial charge in [0.05, 0.1) is 18.9 Å². The van der Waals surface area contributed by atoms with Crippen LogP contribution in [0.25, 0.3) is 0 Å². The van der Waals surface area contributed by atoms with Crippen LogP contribution in [-0.2, 0) is 9.53 Å². The van der Waals surface area contributed by atoms with Crippen LogP contribution in [0.4, 0.5) is 5.69 Å². The van der Waals surface area contributed by atoms with Crippen LogP contribution in [-0.4, -0.2) is 45.1 Å². The molecule has 0 radical (unpaired) electrons. The van der Waals surface area contributed by atoms with Crippen molar-refractivity contribution in [2.24, 2.45) is 4.99 Å². The molecule has 1 heterocycles. The summed E-state index contributed by atoms with van der Waals surface area (Å²) in [6, 6.07) is 15.0. The number of amides is 1. The molecule has 6 nitrogen and oxygen atoms in total. The van der Waals surface area contributed by atoms with Gasteiger partial charge in [-0.2, -0.15) is 0 Å². The lowest BCUT2D eigenvalue weighted by molar-refractivity contribution is -0.123. The van der Waals surface area contributed by atoms with E-state index < -0.39 is 0 Å². The van der Waals surface area contributed by atoms with Gasteiger partial charge < -0.3 is 19.5 Å². The quantitative estimate of drug-likeness (QED) is 0.727. The van der Waals surface area contributed by atoms with Crippen molar-refractivity contribution >= 4 is 17.8 Å². The van der Waals surface area contributed by atoms with E-state index in [1.807, 2.05) is 48.5 Å². The second-order valence-corrected chi connectivity index (χ2v) is 6.25. The van der Waals surface area contributed by atoms with Gasteiger partial charge in [-0.15, -0.1) is 0 Å². The first-order chi connectivity index (χ1) is 13.2. The molecule has 6 heteroatoms. The summed E-state index contributed by atoms with van der Waals surface area (Å²) in [7, 11) is 1.63. The third-order valence-electron chi connectivity index (χ3n) is 4.24. The Labute approximate surface area is 159 Å². The van der Waals surface area contributed by atoms with Crippen LogP contribution in [0, 0.1) is 0 Å². The van der Waals surface area contributed by atoms with Crippen LogP contribution in [0.1, 0.15) is 18.4 Å². The zero-order valence-corrected chi connectivity index (χ0v) is 15.4. The topological polar surface area (TPSA) is 69.2 Å². The summed E-state index contributed by atoms with van der Waals surface area (Å²) >= 11 is 0. The minimum atomic E-state index is -0.143. The van der Waals surface area contributed by atoms with E-state index in [1.165, 1.54) is 0 Å². The molecule has 0 aromatic heterocycles. The van der Waals surface area contributed by atoms with Crippen LogP contribution in [0.3, 0.4) is 0 Å². The summed E-state index contributed by atoms with van der Waals surface area (Å²) < 4.78 is 16.1. The molecule has 0 saturated carbocycles. The molecule has 1 aliphatic heterocycles. The summed E-state index contributed by atoms with van der Waals surface area (Å²) in [4.78, 5) is 16.2. The Balaban J connectivity index is 1.43. The molecule has 1 atom stereocenters. The largest absolute Gasteiger partial charge is 0.497 e. The predicted octanol–water partition coefficient (Wildman–Crippen LogP) is 3.12. The second kappa shape index (κ2) is 9.73. The first kappa shape index (κ1) is 18.9. The van der Waals surface area contributed by atoms with E-state index in [9.17, 15) is 4.79 Å². The Bertz CT molecular complexity index is 751. The summed E-state index contributed by atoms with van der Waals surface area (Å²) in [5.41, 5.74) is 1.79. The van der Waals surface area contributed by atoms with E-state index in [4.69, 9.17) is 14.2 Å². The van der Waals surface area contributed by atoms with Crippen molar-refractivity contribution in [1.29, 1.82) is 0 Å². The number of nitrogens with zero attached hydrogens (tertiary/aromatic N) is 1. The van der Waals surface area contributed by atoms with Crippen LogP contribution < -0.4 is 14.8 Å².